The van der Waals surface area contributed by atoms with Crippen LogP contribution in [-0.2, 0) is 0 Å². The quantitative estimate of drug-likeness (QED) is 0.568. The Morgan fingerprint density at radius 1 is 1.25 bits per heavy atom. The first-order chi connectivity index (χ1) is 15.2. The van der Waals surface area contributed by atoms with Crippen LogP contribution in [0.2, 0.25) is 5.15 Å². The van der Waals surface area contributed by atoms with Crippen molar-refractivity contribution in [3.63, 3.8) is 0 Å². The number of fused-ring (bicyclic) bond motifs is 2. The molecule has 1 aliphatic carbocycles. The molecule has 2 aliphatic rings. The molecule has 3 aromatic heterocycles. The summed E-state index contributed by atoms with van der Waals surface area (Å²) in [4.78, 5) is 36.0. The van der Waals surface area contributed by atoms with Gasteiger partial charge in [-0.3, -0.25) is 9.20 Å². The van der Waals surface area contributed by atoms with Gasteiger partial charge in [-0.25, -0.2) is 14.8 Å². The van der Waals surface area contributed by atoms with Crippen LogP contribution in [-0.4, -0.2) is 38.5 Å². The maximum absolute atomic E-state index is 13.2. The fourth-order valence-corrected chi connectivity index (χ4v) is 4.86. The van der Waals surface area contributed by atoms with Gasteiger partial charge < -0.3 is 15.3 Å². The van der Waals surface area contributed by atoms with Crippen molar-refractivity contribution in [2.75, 3.05) is 23.3 Å². The molecular formula is C23H24ClN5O3. The number of aromatic nitrogens is 3. The van der Waals surface area contributed by atoms with Crippen LogP contribution >= 0.6 is 11.6 Å². The van der Waals surface area contributed by atoms with Crippen LogP contribution in [0.1, 0.15) is 46.6 Å². The van der Waals surface area contributed by atoms with Crippen LogP contribution in [0.15, 0.2) is 29.2 Å². The van der Waals surface area contributed by atoms with Crippen molar-refractivity contribution >= 4 is 34.7 Å². The third kappa shape index (κ3) is 3.48. The molecule has 1 saturated carbocycles. The zero-order chi connectivity index (χ0) is 22.7. The molecule has 8 nitrogen and oxygen atoms in total. The van der Waals surface area contributed by atoms with Crippen molar-refractivity contribution in [3.05, 3.63) is 62.3 Å². The summed E-state index contributed by atoms with van der Waals surface area (Å²) in [5, 5.41) is 12.8. The molecule has 166 valence electrons. The zero-order valence-corrected chi connectivity index (χ0v) is 18.8. The van der Waals surface area contributed by atoms with Gasteiger partial charge in [-0.2, -0.15) is 0 Å². The Morgan fingerprint density at radius 3 is 2.66 bits per heavy atom. The van der Waals surface area contributed by atoms with Crippen molar-refractivity contribution in [2.45, 2.75) is 33.2 Å². The van der Waals surface area contributed by atoms with Crippen LogP contribution in [0.3, 0.4) is 0 Å². The Kier molecular flexibility index (Phi) is 4.85. The second kappa shape index (κ2) is 7.48. The molecule has 0 spiro atoms. The standard InChI is InChI=1S/C23H24ClN5O3/c1-11-6-16(13(3)25-17-4-5-18(24)26-19(17)23(31)32)21-27-20(12(2)22(30)29(21)8-11)28-9-14-7-15(14)10-28/h4-6,8,13-15,25H,7,9-10H2,1-3H3,(H,31,32)/t13-,14?,15?/m1/s1. The van der Waals surface area contributed by atoms with Crippen LogP contribution in [0.5, 0.6) is 0 Å². The number of carboxylic acid groups (broad SMARTS) is 1. The second-order valence-corrected chi connectivity index (χ2v) is 9.28. The SMILES string of the molecule is Cc1cc([C@@H](C)Nc2ccc(Cl)nc2C(=O)O)c2nc(N3CC4CC4C3)c(C)c(=O)n2c1. The largest absolute Gasteiger partial charge is 0.476 e. The maximum Gasteiger partial charge on any atom is 0.356 e. The fourth-order valence-electron chi connectivity index (χ4n) is 4.71. The van der Waals surface area contributed by atoms with E-state index in [1.54, 1.807) is 22.7 Å². The number of carboxylic acids is 1. The van der Waals surface area contributed by atoms with Crippen LogP contribution in [0.25, 0.3) is 5.65 Å². The molecule has 2 fully saturated rings. The molecule has 0 aromatic carbocycles. The number of piperidine rings is 1. The van der Waals surface area contributed by atoms with E-state index in [-0.39, 0.29) is 22.4 Å². The molecule has 0 amide bonds. The first-order valence-corrected chi connectivity index (χ1v) is 11.1. The Labute approximate surface area is 189 Å². The smallest absolute Gasteiger partial charge is 0.356 e. The molecule has 1 saturated heterocycles. The molecule has 1 aliphatic heterocycles. The topological polar surface area (TPSA) is 99.8 Å². The maximum atomic E-state index is 13.2. The number of rotatable bonds is 5. The van der Waals surface area contributed by atoms with Crippen molar-refractivity contribution in [1.29, 1.82) is 0 Å². The van der Waals surface area contributed by atoms with Gasteiger partial charge in [-0.1, -0.05) is 11.6 Å². The van der Waals surface area contributed by atoms with Gasteiger partial charge in [0.1, 0.15) is 16.6 Å². The lowest BCUT2D eigenvalue weighted by molar-refractivity contribution is 0.0691. The summed E-state index contributed by atoms with van der Waals surface area (Å²) in [7, 11) is 0. The van der Waals surface area contributed by atoms with Crippen molar-refractivity contribution in [3.8, 4) is 0 Å². The van der Waals surface area contributed by atoms with Gasteiger partial charge in [0.2, 0.25) is 0 Å². The Balaban J connectivity index is 1.60. The molecule has 2 unspecified atom stereocenters. The van der Waals surface area contributed by atoms with Gasteiger partial charge in [0, 0.05) is 24.8 Å². The first-order valence-electron chi connectivity index (χ1n) is 10.7. The summed E-state index contributed by atoms with van der Waals surface area (Å²) in [6.07, 6.45) is 3.07. The summed E-state index contributed by atoms with van der Waals surface area (Å²) in [6, 6.07) is 4.78. The number of aromatic carboxylic acids is 1. The lowest BCUT2D eigenvalue weighted by Crippen LogP contribution is -2.29. The second-order valence-electron chi connectivity index (χ2n) is 8.89. The van der Waals surface area contributed by atoms with E-state index in [0.717, 1.165) is 41.9 Å². The van der Waals surface area contributed by atoms with E-state index < -0.39 is 5.97 Å². The Morgan fingerprint density at radius 2 is 1.97 bits per heavy atom. The molecule has 3 aromatic rings. The summed E-state index contributed by atoms with van der Waals surface area (Å²) in [5.41, 5.74) is 3.05. The molecule has 9 heteroatoms. The molecule has 2 N–H and O–H groups in total. The third-order valence-corrected chi connectivity index (χ3v) is 6.68. The van der Waals surface area contributed by atoms with Gasteiger partial charge in [-0.15, -0.1) is 0 Å². The minimum absolute atomic E-state index is 0.0814. The lowest BCUT2D eigenvalue weighted by atomic mass is 10.1. The fraction of sp³-hybridized carbons (Fsp3) is 0.391. The lowest BCUT2D eigenvalue weighted by Gasteiger charge is -2.23. The highest BCUT2D eigenvalue weighted by Gasteiger charge is 2.46. The molecule has 3 atom stereocenters. The van der Waals surface area contributed by atoms with E-state index in [0.29, 0.717) is 16.9 Å². The molecule has 32 heavy (non-hydrogen) atoms. The highest BCUT2D eigenvalue weighted by molar-refractivity contribution is 6.29. The first kappa shape index (κ1) is 20.8. The molecule has 5 rings (SSSR count). The number of hydrogen-bond acceptors (Lipinski definition) is 6. The van der Waals surface area contributed by atoms with E-state index in [4.69, 9.17) is 16.6 Å². The Hall–Kier alpha value is -3.13. The predicted octanol–water partition coefficient (Wildman–Crippen LogP) is 3.69. The number of aryl methyl sites for hydroxylation is 1. The molecule has 0 radical (unpaired) electrons. The molecular weight excluding hydrogens is 430 g/mol. The minimum Gasteiger partial charge on any atom is -0.476 e. The van der Waals surface area contributed by atoms with Crippen molar-refractivity contribution < 1.29 is 9.90 Å². The molecule has 4 heterocycles. The average molecular weight is 454 g/mol. The summed E-state index contributed by atoms with van der Waals surface area (Å²) < 4.78 is 1.59. The number of nitrogens with one attached hydrogen (secondary N) is 1. The van der Waals surface area contributed by atoms with E-state index in [9.17, 15) is 14.7 Å². The van der Waals surface area contributed by atoms with E-state index in [1.165, 1.54) is 6.42 Å². The number of carbonyl (C=O) groups is 1. The van der Waals surface area contributed by atoms with Gasteiger partial charge in [0.05, 0.1) is 17.3 Å². The van der Waals surface area contributed by atoms with Gasteiger partial charge in [-0.05, 0) is 62.8 Å². The van der Waals surface area contributed by atoms with Gasteiger partial charge in [0.25, 0.3) is 5.56 Å². The zero-order valence-electron chi connectivity index (χ0n) is 18.1. The summed E-state index contributed by atoms with van der Waals surface area (Å²) >= 11 is 5.88. The minimum atomic E-state index is -1.17. The van der Waals surface area contributed by atoms with Gasteiger partial charge in [0.15, 0.2) is 5.69 Å². The number of halogens is 1. The Bertz CT molecular complexity index is 1310. The predicted molar refractivity (Wildman–Crippen MR) is 123 cm³/mol. The monoisotopic (exact) mass is 453 g/mol. The highest BCUT2D eigenvalue weighted by atomic mass is 35.5. The number of nitrogens with zero attached hydrogens (tertiary/aromatic N) is 4. The number of hydrogen-bond donors (Lipinski definition) is 2. The van der Waals surface area contributed by atoms with Crippen molar-refractivity contribution in [2.24, 2.45) is 11.8 Å². The van der Waals surface area contributed by atoms with Crippen LogP contribution in [0.4, 0.5) is 11.5 Å². The van der Waals surface area contributed by atoms with Crippen molar-refractivity contribution in [1.82, 2.24) is 14.4 Å². The third-order valence-electron chi connectivity index (χ3n) is 6.47. The van der Waals surface area contributed by atoms with E-state index in [2.05, 4.69) is 15.2 Å². The number of pyridine rings is 2. The summed E-state index contributed by atoms with van der Waals surface area (Å²) in [6.45, 7) is 7.56. The highest BCUT2D eigenvalue weighted by Crippen LogP contribution is 2.46. The van der Waals surface area contributed by atoms with E-state index in [1.807, 2.05) is 26.8 Å². The number of anilines is 2. The average Bonchev–Trinajstić information content (AvgIpc) is 3.36. The van der Waals surface area contributed by atoms with Crippen LogP contribution in [0, 0.1) is 25.7 Å². The summed E-state index contributed by atoms with van der Waals surface area (Å²) in [5.74, 6) is 1.02. The molecule has 0 bridgehead atoms. The van der Waals surface area contributed by atoms with Crippen LogP contribution < -0.4 is 15.8 Å². The van der Waals surface area contributed by atoms with E-state index >= 15 is 0 Å². The van der Waals surface area contributed by atoms with Gasteiger partial charge >= 0.3 is 5.97 Å². The normalized spacial score (nSPS) is 20.3.